The first-order valence-electron chi connectivity index (χ1n) is 14.4. The first kappa shape index (κ1) is 31.7. The number of amides is 2. The summed E-state index contributed by atoms with van der Waals surface area (Å²) in [5.74, 6) is -0.466. The lowest BCUT2D eigenvalue weighted by molar-refractivity contribution is -0.140. The Hall–Kier alpha value is -4.18. The molecule has 228 valence electrons. The Morgan fingerprint density at radius 1 is 0.930 bits per heavy atom. The summed E-state index contributed by atoms with van der Waals surface area (Å²) in [4.78, 5) is 41.7. The van der Waals surface area contributed by atoms with Crippen molar-refractivity contribution in [2.75, 3.05) is 24.2 Å². The SMILES string of the molecule is COc1cccc(CN(C(=O)CN(c2cccc(C(C)=O)c2)S(C)(=O)=O)[C@H](Cc2ccccc2)C(=O)NC2CCCC2)c1. The number of ether oxygens (including phenoxy) is 1. The van der Waals surface area contributed by atoms with Crippen LogP contribution in [0.2, 0.25) is 0 Å². The highest BCUT2D eigenvalue weighted by Gasteiger charge is 2.34. The molecule has 0 aromatic heterocycles. The van der Waals surface area contributed by atoms with Gasteiger partial charge in [0.2, 0.25) is 21.8 Å². The molecule has 0 spiro atoms. The monoisotopic (exact) mass is 605 g/mol. The third-order valence-electron chi connectivity index (χ3n) is 7.68. The molecule has 3 aromatic rings. The quantitative estimate of drug-likeness (QED) is 0.290. The van der Waals surface area contributed by atoms with Gasteiger partial charge in [-0.3, -0.25) is 18.7 Å². The minimum atomic E-state index is -3.94. The Bertz CT molecular complexity index is 1540. The van der Waals surface area contributed by atoms with E-state index in [2.05, 4.69) is 5.32 Å². The molecule has 2 amide bonds. The predicted molar refractivity (Wildman–Crippen MR) is 167 cm³/mol. The van der Waals surface area contributed by atoms with Gasteiger partial charge in [-0.25, -0.2) is 8.42 Å². The maximum absolute atomic E-state index is 14.3. The van der Waals surface area contributed by atoms with Gasteiger partial charge < -0.3 is 15.0 Å². The first-order chi connectivity index (χ1) is 20.5. The number of Topliss-reactive ketones (excluding diaryl/α,β-unsaturated/α-hetero) is 1. The maximum Gasteiger partial charge on any atom is 0.244 e. The normalized spacial score (nSPS) is 14.1. The van der Waals surface area contributed by atoms with E-state index in [1.54, 1.807) is 43.5 Å². The van der Waals surface area contributed by atoms with Crippen LogP contribution in [0.25, 0.3) is 0 Å². The molecule has 10 heteroatoms. The maximum atomic E-state index is 14.3. The van der Waals surface area contributed by atoms with Gasteiger partial charge in [0, 0.05) is 24.6 Å². The molecular weight excluding hydrogens is 566 g/mol. The molecule has 1 atom stereocenters. The molecule has 0 saturated heterocycles. The van der Waals surface area contributed by atoms with Crippen LogP contribution in [0.1, 0.15) is 54.1 Å². The van der Waals surface area contributed by atoms with Crippen LogP contribution in [-0.4, -0.2) is 62.9 Å². The summed E-state index contributed by atoms with van der Waals surface area (Å²) in [5, 5.41) is 3.15. The van der Waals surface area contributed by atoms with Crippen LogP contribution in [0.4, 0.5) is 5.69 Å². The number of anilines is 1. The van der Waals surface area contributed by atoms with Crippen LogP contribution in [0.15, 0.2) is 78.9 Å². The van der Waals surface area contributed by atoms with Crippen molar-refractivity contribution in [1.82, 2.24) is 10.2 Å². The molecule has 1 N–H and O–H groups in total. The molecule has 0 bridgehead atoms. The molecule has 0 unspecified atom stereocenters. The second kappa shape index (κ2) is 14.3. The fourth-order valence-electron chi connectivity index (χ4n) is 5.38. The summed E-state index contributed by atoms with van der Waals surface area (Å²) < 4.78 is 32.4. The van der Waals surface area contributed by atoms with E-state index in [0.717, 1.165) is 47.4 Å². The van der Waals surface area contributed by atoms with Crippen molar-refractivity contribution in [1.29, 1.82) is 0 Å². The molecule has 1 aliphatic carbocycles. The summed E-state index contributed by atoms with van der Waals surface area (Å²) in [6, 6.07) is 22.0. The molecule has 4 rings (SSSR count). The van der Waals surface area contributed by atoms with E-state index >= 15 is 0 Å². The van der Waals surface area contributed by atoms with Crippen LogP contribution in [-0.2, 0) is 32.6 Å². The van der Waals surface area contributed by atoms with Gasteiger partial charge >= 0.3 is 0 Å². The molecule has 0 radical (unpaired) electrons. The lowest BCUT2D eigenvalue weighted by Gasteiger charge is -2.34. The molecule has 1 saturated carbocycles. The van der Waals surface area contributed by atoms with E-state index in [9.17, 15) is 22.8 Å². The number of benzene rings is 3. The number of hydrogen-bond acceptors (Lipinski definition) is 6. The lowest BCUT2D eigenvalue weighted by atomic mass is 10.0. The Labute approximate surface area is 253 Å². The van der Waals surface area contributed by atoms with Crippen molar-refractivity contribution in [2.24, 2.45) is 0 Å². The molecule has 3 aromatic carbocycles. The lowest BCUT2D eigenvalue weighted by Crippen LogP contribution is -2.54. The zero-order chi connectivity index (χ0) is 31.0. The Kier molecular flexibility index (Phi) is 10.6. The molecule has 1 fully saturated rings. The minimum absolute atomic E-state index is 0.0291. The topological polar surface area (TPSA) is 113 Å². The summed E-state index contributed by atoms with van der Waals surface area (Å²) in [6.07, 6.45) is 5.08. The van der Waals surface area contributed by atoms with Crippen LogP contribution in [0.5, 0.6) is 5.75 Å². The van der Waals surface area contributed by atoms with Gasteiger partial charge in [-0.15, -0.1) is 0 Å². The second-order valence-electron chi connectivity index (χ2n) is 10.9. The second-order valence-corrected chi connectivity index (χ2v) is 12.9. The van der Waals surface area contributed by atoms with E-state index in [1.807, 2.05) is 36.4 Å². The largest absolute Gasteiger partial charge is 0.497 e. The van der Waals surface area contributed by atoms with Crippen molar-refractivity contribution in [3.63, 3.8) is 0 Å². The van der Waals surface area contributed by atoms with Crippen molar-refractivity contribution < 1.29 is 27.5 Å². The van der Waals surface area contributed by atoms with E-state index in [4.69, 9.17) is 4.74 Å². The number of ketones is 1. The van der Waals surface area contributed by atoms with Crippen molar-refractivity contribution in [2.45, 2.75) is 57.7 Å². The Morgan fingerprint density at radius 3 is 2.26 bits per heavy atom. The third-order valence-corrected chi connectivity index (χ3v) is 8.82. The number of hydrogen-bond donors (Lipinski definition) is 1. The average molecular weight is 606 g/mol. The smallest absolute Gasteiger partial charge is 0.244 e. The summed E-state index contributed by atoms with van der Waals surface area (Å²) in [6.45, 7) is 0.894. The van der Waals surface area contributed by atoms with E-state index < -0.39 is 28.5 Å². The molecule has 1 aliphatic rings. The number of carbonyl (C=O) groups excluding carboxylic acids is 3. The van der Waals surface area contributed by atoms with Crippen LogP contribution in [0, 0.1) is 0 Å². The van der Waals surface area contributed by atoms with Crippen molar-refractivity contribution >= 4 is 33.3 Å². The van der Waals surface area contributed by atoms with Gasteiger partial charge in [-0.05, 0) is 55.2 Å². The average Bonchev–Trinajstić information content (AvgIpc) is 3.50. The highest BCUT2D eigenvalue weighted by Crippen LogP contribution is 2.24. The fourth-order valence-corrected chi connectivity index (χ4v) is 6.22. The van der Waals surface area contributed by atoms with Crippen LogP contribution >= 0.6 is 0 Å². The van der Waals surface area contributed by atoms with Gasteiger partial charge in [-0.1, -0.05) is 67.4 Å². The van der Waals surface area contributed by atoms with Crippen LogP contribution < -0.4 is 14.4 Å². The number of rotatable bonds is 13. The van der Waals surface area contributed by atoms with E-state index in [-0.39, 0.29) is 36.4 Å². The first-order valence-corrected chi connectivity index (χ1v) is 16.3. The number of methoxy groups -OCH3 is 1. The van der Waals surface area contributed by atoms with E-state index in [1.165, 1.54) is 17.9 Å². The van der Waals surface area contributed by atoms with Gasteiger partial charge in [0.1, 0.15) is 18.3 Å². The van der Waals surface area contributed by atoms with Crippen LogP contribution in [0.3, 0.4) is 0 Å². The fraction of sp³-hybridized carbons (Fsp3) is 0.364. The van der Waals surface area contributed by atoms with Crippen molar-refractivity contribution in [3.05, 3.63) is 95.6 Å². The molecule has 43 heavy (non-hydrogen) atoms. The van der Waals surface area contributed by atoms with Gasteiger partial charge in [0.25, 0.3) is 0 Å². The highest BCUT2D eigenvalue weighted by atomic mass is 32.2. The van der Waals surface area contributed by atoms with Crippen molar-refractivity contribution in [3.8, 4) is 5.75 Å². The predicted octanol–water partition coefficient (Wildman–Crippen LogP) is 4.36. The third kappa shape index (κ3) is 8.67. The molecular formula is C33H39N3O6S. The molecule has 0 heterocycles. The summed E-state index contributed by atoms with van der Waals surface area (Å²) in [5.41, 5.74) is 2.11. The highest BCUT2D eigenvalue weighted by molar-refractivity contribution is 7.92. The Morgan fingerprint density at radius 2 is 1.60 bits per heavy atom. The van der Waals surface area contributed by atoms with Gasteiger partial charge in [0.05, 0.1) is 19.1 Å². The van der Waals surface area contributed by atoms with E-state index in [0.29, 0.717) is 11.3 Å². The molecule has 9 nitrogen and oxygen atoms in total. The zero-order valence-corrected chi connectivity index (χ0v) is 25.7. The number of sulfonamides is 1. The number of carbonyl (C=O) groups is 3. The van der Waals surface area contributed by atoms with Gasteiger partial charge in [0.15, 0.2) is 5.78 Å². The summed E-state index contributed by atoms with van der Waals surface area (Å²) in [7, 11) is -2.39. The summed E-state index contributed by atoms with van der Waals surface area (Å²) >= 11 is 0. The molecule has 0 aliphatic heterocycles. The number of nitrogens with one attached hydrogen (secondary N) is 1. The number of nitrogens with zero attached hydrogens (tertiary/aromatic N) is 2. The standard InChI is InChI=1S/C33H39N3O6S/c1-24(37)27-14-10-17-29(21-27)36(43(3,40)41)23-32(38)35(22-26-13-9-18-30(19-26)42-2)31(20-25-11-5-4-6-12-25)33(39)34-28-15-7-8-16-28/h4-6,9-14,17-19,21,28,31H,7-8,15-16,20,22-23H2,1-3H3,(H,34,39)/t31-/m1/s1. The Balaban J connectivity index is 1.75. The minimum Gasteiger partial charge on any atom is -0.497 e. The zero-order valence-electron chi connectivity index (χ0n) is 24.9. The van der Waals surface area contributed by atoms with Gasteiger partial charge in [-0.2, -0.15) is 0 Å².